The van der Waals surface area contributed by atoms with Crippen LogP contribution < -0.4 is 5.32 Å². The van der Waals surface area contributed by atoms with E-state index in [0.717, 1.165) is 26.2 Å². The van der Waals surface area contributed by atoms with Crippen molar-refractivity contribution < 1.29 is 9.15 Å². The van der Waals surface area contributed by atoms with Crippen LogP contribution in [0.1, 0.15) is 18.5 Å². The molecule has 1 aromatic rings. The molecule has 2 rings (SSSR count). The highest BCUT2D eigenvalue weighted by Crippen LogP contribution is 2.12. The minimum absolute atomic E-state index is 0.299. The second-order valence-electron chi connectivity index (χ2n) is 4.44. The lowest BCUT2D eigenvalue weighted by Gasteiger charge is -2.30. The van der Waals surface area contributed by atoms with Crippen molar-refractivity contribution in [2.45, 2.75) is 19.1 Å². The van der Waals surface area contributed by atoms with Crippen molar-refractivity contribution in [3.05, 3.63) is 24.2 Å². The zero-order chi connectivity index (χ0) is 11.4. The number of rotatable bonds is 4. The fraction of sp³-hybridized carbons (Fsp3) is 0.667. The lowest BCUT2D eigenvalue weighted by atomic mass is 10.1. The van der Waals surface area contributed by atoms with Crippen molar-refractivity contribution in [2.24, 2.45) is 0 Å². The van der Waals surface area contributed by atoms with E-state index < -0.39 is 0 Å². The maximum Gasteiger partial charge on any atom is 0.0950 e. The summed E-state index contributed by atoms with van der Waals surface area (Å²) in [6.07, 6.45) is 3.79. The van der Waals surface area contributed by atoms with E-state index in [0.29, 0.717) is 12.1 Å². The molecule has 1 aromatic heterocycles. The summed E-state index contributed by atoms with van der Waals surface area (Å²) in [4.78, 5) is 2.30. The van der Waals surface area contributed by atoms with Gasteiger partial charge >= 0.3 is 0 Å². The SMILES string of the molecule is CC(NCC1CN(C)CCO1)c1ccoc1. The molecular weight excluding hydrogens is 204 g/mol. The van der Waals surface area contributed by atoms with Crippen LogP contribution in [0.5, 0.6) is 0 Å². The molecule has 2 unspecified atom stereocenters. The first-order valence-electron chi connectivity index (χ1n) is 5.81. The molecule has 0 bridgehead atoms. The number of nitrogens with zero attached hydrogens (tertiary/aromatic N) is 1. The zero-order valence-electron chi connectivity index (χ0n) is 9.98. The van der Waals surface area contributed by atoms with Crippen LogP contribution in [0.4, 0.5) is 0 Å². The van der Waals surface area contributed by atoms with E-state index in [1.807, 2.05) is 6.07 Å². The number of morpholine rings is 1. The summed E-state index contributed by atoms with van der Waals surface area (Å²) in [5, 5.41) is 3.46. The molecule has 2 atom stereocenters. The first kappa shape index (κ1) is 11.6. The van der Waals surface area contributed by atoms with Gasteiger partial charge in [-0.2, -0.15) is 0 Å². The van der Waals surface area contributed by atoms with Gasteiger partial charge in [0.05, 0.1) is 25.2 Å². The summed E-state index contributed by atoms with van der Waals surface area (Å²) in [6.45, 7) is 5.90. The van der Waals surface area contributed by atoms with E-state index in [9.17, 15) is 0 Å². The smallest absolute Gasteiger partial charge is 0.0950 e. The molecule has 4 heteroatoms. The minimum atomic E-state index is 0.299. The van der Waals surface area contributed by atoms with Crippen LogP contribution >= 0.6 is 0 Å². The number of nitrogens with one attached hydrogen (secondary N) is 1. The quantitative estimate of drug-likeness (QED) is 0.835. The highest BCUT2D eigenvalue weighted by Gasteiger charge is 2.18. The molecule has 0 aliphatic carbocycles. The molecule has 2 heterocycles. The Hall–Kier alpha value is -0.840. The molecule has 0 spiro atoms. The van der Waals surface area contributed by atoms with Gasteiger partial charge in [-0.05, 0) is 20.0 Å². The number of furan rings is 1. The Morgan fingerprint density at radius 1 is 1.62 bits per heavy atom. The fourth-order valence-electron chi connectivity index (χ4n) is 1.94. The average molecular weight is 224 g/mol. The highest BCUT2D eigenvalue weighted by molar-refractivity contribution is 5.10. The topological polar surface area (TPSA) is 37.6 Å². The molecule has 90 valence electrons. The molecular formula is C12H20N2O2. The molecule has 1 aliphatic rings. The van der Waals surface area contributed by atoms with Gasteiger partial charge in [-0.25, -0.2) is 0 Å². The molecule has 1 fully saturated rings. The Kier molecular flexibility index (Phi) is 3.98. The first-order valence-corrected chi connectivity index (χ1v) is 5.81. The first-order chi connectivity index (χ1) is 7.75. The second kappa shape index (κ2) is 5.48. The van der Waals surface area contributed by atoms with Gasteiger partial charge in [0, 0.05) is 31.2 Å². The van der Waals surface area contributed by atoms with Crippen LogP contribution in [0, 0.1) is 0 Å². The van der Waals surface area contributed by atoms with Gasteiger partial charge in [-0.15, -0.1) is 0 Å². The monoisotopic (exact) mass is 224 g/mol. The zero-order valence-corrected chi connectivity index (χ0v) is 9.98. The fourth-order valence-corrected chi connectivity index (χ4v) is 1.94. The van der Waals surface area contributed by atoms with Crippen molar-refractivity contribution in [1.29, 1.82) is 0 Å². The third-order valence-corrected chi connectivity index (χ3v) is 3.04. The summed E-state index contributed by atoms with van der Waals surface area (Å²) >= 11 is 0. The predicted molar refractivity (Wildman–Crippen MR) is 62.4 cm³/mol. The second-order valence-corrected chi connectivity index (χ2v) is 4.44. The largest absolute Gasteiger partial charge is 0.472 e. The van der Waals surface area contributed by atoms with Crippen LogP contribution in [0.15, 0.2) is 23.0 Å². The van der Waals surface area contributed by atoms with Crippen LogP contribution in [0.25, 0.3) is 0 Å². The molecule has 4 nitrogen and oxygen atoms in total. The van der Waals surface area contributed by atoms with Crippen molar-refractivity contribution in [3.8, 4) is 0 Å². The number of hydrogen-bond donors (Lipinski definition) is 1. The Labute approximate surface area is 96.6 Å². The lowest BCUT2D eigenvalue weighted by Crippen LogP contribution is -2.45. The van der Waals surface area contributed by atoms with E-state index >= 15 is 0 Å². The number of likely N-dealkylation sites (N-methyl/N-ethyl adjacent to an activating group) is 1. The summed E-state index contributed by atoms with van der Waals surface area (Å²) in [5.74, 6) is 0. The van der Waals surface area contributed by atoms with Crippen LogP contribution in [0.2, 0.25) is 0 Å². The van der Waals surface area contributed by atoms with Crippen molar-refractivity contribution >= 4 is 0 Å². The molecule has 0 aromatic carbocycles. The number of hydrogen-bond acceptors (Lipinski definition) is 4. The van der Waals surface area contributed by atoms with Crippen LogP contribution in [-0.4, -0.2) is 44.3 Å². The maximum absolute atomic E-state index is 5.69. The molecule has 1 N–H and O–H groups in total. The third-order valence-electron chi connectivity index (χ3n) is 3.04. The Bertz CT molecular complexity index is 300. The minimum Gasteiger partial charge on any atom is -0.472 e. The van der Waals surface area contributed by atoms with Gasteiger partial charge in [0.1, 0.15) is 0 Å². The molecule has 0 amide bonds. The van der Waals surface area contributed by atoms with E-state index in [1.54, 1.807) is 12.5 Å². The maximum atomic E-state index is 5.69. The van der Waals surface area contributed by atoms with Crippen LogP contribution in [0.3, 0.4) is 0 Å². The summed E-state index contributed by atoms with van der Waals surface area (Å²) < 4.78 is 10.8. The van der Waals surface area contributed by atoms with Gasteiger partial charge in [-0.3, -0.25) is 0 Å². The average Bonchev–Trinajstić information content (AvgIpc) is 2.79. The summed E-state index contributed by atoms with van der Waals surface area (Å²) in [6, 6.07) is 2.31. The van der Waals surface area contributed by atoms with Gasteiger partial charge < -0.3 is 19.4 Å². The molecule has 1 aliphatic heterocycles. The predicted octanol–water partition coefficient (Wildman–Crippen LogP) is 1.26. The van der Waals surface area contributed by atoms with Gasteiger partial charge in [0.2, 0.25) is 0 Å². The molecule has 1 saturated heterocycles. The Morgan fingerprint density at radius 2 is 2.50 bits per heavy atom. The number of ether oxygens (including phenoxy) is 1. The van der Waals surface area contributed by atoms with Gasteiger partial charge in [0.15, 0.2) is 0 Å². The summed E-state index contributed by atoms with van der Waals surface area (Å²) in [7, 11) is 2.13. The van der Waals surface area contributed by atoms with E-state index in [1.165, 1.54) is 5.56 Å². The van der Waals surface area contributed by atoms with E-state index in [-0.39, 0.29) is 0 Å². The van der Waals surface area contributed by atoms with Gasteiger partial charge in [-0.1, -0.05) is 0 Å². The van der Waals surface area contributed by atoms with Crippen molar-refractivity contribution in [1.82, 2.24) is 10.2 Å². The normalized spacial score (nSPS) is 24.5. The standard InChI is InChI=1S/C12H20N2O2/c1-10(11-3-5-15-9-11)13-7-12-8-14(2)4-6-16-12/h3,5,9-10,12-13H,4,6-8H2,1-2H3. The van der Waals surface area contributed by atoms with Gasteiger partial charge in [0.25, 0.3) is 0 Å². The summed E-state index contributed by atoms with van der Waals surface area (Å²) in [5.41, 5.74) is 1.18. The Morgan fingerprint density at radius 3 is 3.19 bits per heavy atom. The Balaban J connectivity index is 1.74. The molecule has 0 radical (unpaired) electrons. The molecule has 0 saturated carbocycles. The van der Waals surface area contributed by atoms with Crippen molar-refractivity contribution in [3.63, 3.8) is 0 Å². The van der Waals surface area contributed by atoms with E-state index in [4.69, 9.17) is 9.15 Å². The van der Waals surface area contributed by atoms with Crippen molar-refractivity contribution in [2.75, 3.05) is 33.3 Å². The van der Waals surface area contributed by atoms with E-state index in [2.05, 4.69) is 24.2 Å². The highest BCUT2D eigenvalue weighted by atomic mass is 16.5. The lowest BCUT2D eigenvalue weighted by molar-refractivity contribution is -0.0191. The van der Waals surface area contributed by atoms with Crippen LogP contribution in [-0.2, 0) is 4.74 Å². The molecule has 16 heavy (non-hydrogen) atoms. The third kappa shape index (κ3) is 3.07.